The number of rotatable bonds is 8. The van der Waals surface area contributed by atoms with Gasteiger partial charge in [-0.15, -0.1) is 0 Å². The normalized spacial score (nSPS) is 11.7. The number of hydrogen-bond donors (Lipinski definition) is 1. The van der Waals surface area contributed by atoms with Crippen LogP contribution in [-0.2, 0) is 13.3 Å². The molecule has 0 aliphatic carbocycles. The first-order chi connectivity index (χ1) is 18.2. The second kappa shape index (κ2) is 13.0. The van der Waals surface area contributed by atoms with Crippen LogP contribution in [0.15, 0.2) is 103 Å². The van der Waals surface area contributed by atoms with Crippen molar-refractivity contribution < 1.29 is 31.3 Å². The lowest BCUT2D eigenvalue weighted by atomic mass is 9.34. The lowest BCUT2D eigenvalue weighted by Gasteiger charge is -2.52. The third-order valence-electron chi connectivity index (χ3n) is 6.85. The SMILES string of the molecule is CO[Si](OC)(OC)[B-](c1ccc(F)cc1)(c1ccc(F)cc1)c1ccc(F)cc1.C[NH+](C)c1ccccc1. The van der Waals surface area contributed by atoms with Crippen molar-refractivity contribution in [3.05, 3.63) is 121 Å². The number of nitrogens with one attached hydrogen (secondary N) is 1. The molecule has 0 unspecified atom stereocenters. The van der Waals surface area contributed by atoms with E-state index < -0.39 is 31.9 Å². The average molecular weight is 539 g/mol. The lowest BCUT2D eigenvalue weighted by Crippen LogP contribution is -3.00. The Hall–Kier alpha value is -3.21. The second-order valence-electron chi connectivity index (χ2n) is 9.10. The van der Waals surface area contributed by atoms with E-state index in [1.54, 1.807) is 36.4 Å². The van der Waals surface area contributed by atoms with Crippen LogP contribution in [0.3, 0.4) is 0 Å². The number of quaternary nitrogens is 1. The van der Waals surface area contributed by atoms with Crippen molar-refractivity contribution in [2.75, 3.05) is 35.4 Å². The van der Waals surface area contributed by atoms with Crippen molar-refractivity contribution in [3.8, 4) is 0 Å². The molecule has 0 saturated carbocycles. The number of halogens is 3. The van der Waals surface area contributed by atoms with Crippen LogP contribution in [0.25, 0.3) is 0 Å². The van der Waals surface area contributed by atoms with Crippen molar-refractivity contribution in [3.63, 3.8) is 0 Å². The zero-order valence-corrected chi connectivity index (χ0v) is 23.3. The summed E-state index contributed by atoms with van der Waals surface area (Å²) < 4.78 is 58.9. The van der Waals surface area contributed by atoms with Gasteiger partial charge >= 0.3 is 8.67 Å². The highest BCUT2D eigenvalue weighted by Crippen LogP contribution is 2.23. The molecule has 4 aromatic carbocycles. The molecule has 1 N–H and O–H groups in total. The Morgan fingerprint density at radius 1 is 0.526 bits per heavy atom. The minimum atomic E-state index is -3.58. The number of hydrogen-bond acceptors (Lipinski definition) is 3. The van der Waals surface area contributed by atoms with Gasteiger partial charge in [-0.05, 0) is 48.5 Å². The van der Waals surface area contributed by atoms with E-state index in [0.29, 0.717) is 16.4 Å². The molecule has 0 amide bonds. The Morgan fingerprint density at radius 2 is 0.842 bits per heavy atom. The fourth-order valence-electron chi connectivity index (χ4n) is 5.00. The Labute approximate surface area is 223 Å². The third kappa shape index (κ3) is 5.92. The van der Waals surface area contributed by atoms with Gasteiger partial charge in [-0.25, -0.2) is 13.2 Å². The maximum atomic E-state index is 13.8. The summed E-state index contributed by atoms with van der Waals surface area (Å²) in [6.45, 7) is 0. The highest BCUT2D eigenvalue weighted by Gasteiger charge is 2.55. The number of para-hydroxylation sites is 1. The van der Waals surface area contributed by atoms with E-state index in [1.807, 2.05) is 6.07 Å². The van der Waals surface area contributed by atoms with E-state index in [9.17, 15) is 13.2 Å². The molecule has 200 valence electrons. The van der Waals surface area contributed by atoms with Crippen LogP contribution in [0.1, 0.15) is 0 Å². The molecule has 4 aromatic rings. The minimum absolute atomic E-state index is 0.406. The quantitative estimate of drug-likeness (QED) is 0.350. The molecule has 0 atom stereocenters. The monoisotopic (exact) mass is 539 g/mol. The topological polar surface area (TPSA) is 32.1 Å². The molecule has 0 fully saturated rings. The molecule has 0 radical (unpaired) electrons. The molecule has 0 heterocycles. The van der Waals surface area contributed by atoms with Crippen LogP contribution in [0, 0.1) is 17.5 Å². The standard InChI is InChI=1S/C21H21BF3O3Si.C8H11N/c1-26-29(27-2,28-3)22(16-4-10-19(23)11-5-16,17-6-12-20(24)13-7-17)18-8-14-21(25)15-9-18;1-9(2)8-6-4-3-5-7-8/h4-15H,1-3H3;3-7H,1-2H3/q-1;/p+1. The van der Waals surface area contributed by atoms with Gasteiger partial charge in [0.15, 0.2) is 5.74 Å². The van der Waals surface area contributed by atoms with E-state index in [2.05, 4.69) is 38.4 Å². The third-order valence-corrected chi connectivity index (χ3v) is 10.6. The first-order valence-corrected chi connectivity index (χ1v) is 14.0. The van der Waals surface area contributed by atoms with Crippen molar-refractivity contribution in [1.29, 1.82) is 0 Å². The summed E-state index contributed by atoms with van der Waals surface area (Å²) in [5.41, 5.74) is 1.19. The Bertz CT molecular complexity index is 1150. The van der Waals surface area contributed by atoms with E-state index >= 15 is 0 Å². The predicted octanol–water partition coefficient (Wildman–Crippen LogP) is 2.99. The Balaban J connectivity index is 0.000000375. The van der Waals surface area contributed by atoms with Crippen LogP contribution >= 0.6 is 0 Å². The minimum Gasteiger partial charge on any atom is -0.401 e. The van der Waals surface area contributed by atoms with Crippen LogP contribution in [0.4, 0.5) is 18.9 Å². The lowest BCUT2D eigenvalue weighted by molar-refractivity contribution is -0.786. The fourth-order valence-corrected chi connectivity index (χ4v) is 8.36. The van der Waals surface area contributed by atoms with Gasteiger partial charge in [-0.2, -0.15) is 16.4 Å². The van der Waals surface area contributed by atoms with Crippen molar-refractivity contribution >= 4 is 36.5 Å². The van der Waals surface area contributed by atoms with Gasteiger partial charge in [0.25, 0.3) is 0 Å². The summed E-state index contributed by atoms with van der Waals surface area (Å²) in [5.74, 6) is -1.22. The fraction of sp³-hybridized carbons (Fsp3) is 0.172. The molecular weight excluding hydrogens is 506 g/mol. The Kier molecular flexibility index (Phi) is 10.1. The van der Waals surface area contributed by atoms with Crippen LogP contribution in [-0.4, -0.2) is 49.8 Å². The first kappa shape index (κ1) is 29.3. The van der Waals surface area contributed by atoms with Gasteiger partial charge in [0, 0.05) is 21.3 Å². The summed E-state index contributed by atoms with van der Waals surface area (Å²) in [4.78, 5) is 1.37. The van der Waals surface area contributed by atoms with Gasteiger partial charge in [0.05, 0.1) is 14.1 Å². The van der Waals surface area contributed by atoms with Crippen molar-refractivity contribution in [2.24, 2.45) is 0 Å². The summed E-state index contributed by atoms with van der Waals surface area (Å²) in [6.07, 6.45) is 0. The molecule has 0 bridgehead atoms. The predicted molar refractivity (Wildman–Crippen MR) is 150 cm³/mol. The molecule has 4 rings (SSSR count). The molecular formula is C29H33BF3NO3Si. The van der Waals surface area contributed by atoms with Gasteiger partial charge in [0.2, 0.25) is 0 Å². The average Bonchev–Trinajstić information content (AvgIpc) is 2.95. The van der Waals surface area contributed by atoms with Gasteiger partial charge in [-0.1, -0.05) is 54.6 Å². The smallest absolute Gasteiger partial charge is 0.317 e. The summed E-state index contributed by atoms with van der Waals surface area (Å²) in [5, 5.41) is 0. The van der Waals surface area contributed by atoms with E-state index in [0.717, 1.165) is 0 Å². The zero-order chi connectivity index (χ0) is 27.8. The van der Waals surface area contributed by atoms with Crippen molar-refractivity contribution in [1.82, 2.24) is 0 Å². The molecule has 4 nitrogen and oxygen atoms in total. The van der Waals surface area contributed by atoms with Crippen LogP contribution in [0.5, 0.6) is 0 Å². The largest absolute Gasteiger partial charge is 0.401 e. The maximum absolute atomic E-state index is 13.8. The van der Waals surface area contributed by atoms with Crippen molar-refractivity contribution in [2.45, 2.75) is 0 Å². The molecule has 0 spiro atoms. The highest BCUT2D eigenvalue weighted by molar-refractivity contribution is 7.51. The van der Waals surface area contributed by atoms with Gasteiger partial charge < -0.3 is 18.2 Å². The summed E-state index contributed by atoms with van der Waals surface area (Å²) in [7, 11) is 5.10. The maximum Gasteiger partial charge on any atom is 0.317 e. The van der Waals surface area contributed by atoms with Gasteiger partial charge in [0.1, 0.15) is 23.1 Å². The molecule has 38 heavy (non-hydrogen) atoms. The van der Waals surface area contributed by atoms with E-state index in [-0.39, 0.29) is 0 Å². The van der Waals surface area contributed by atoms with Crippen LogP contribution in [0.2, 0.25) is 0 Å². The van der Waals surface area contributed by atoms with E-state index in [4.69, 9.17) is 13.3 Å². The molecule has 0 aromatic heterocycles. The van der Waals surface area contributed by atoms with Gasteiger partial charge in [-0.3, -0.25) is 0 Å². The first-order valence-electron chi connectivity index (χ1n) is 12.2. The second-order valence-corrected chi connectivity index (χ2v) is 12.4. The molecule has 0 aliphatic heterocycles. The molecule has 0 saturated heterocycles. The van der Waals surface area contributed by atoms with E-state index in [1.165, 1.54) is 68.3 Å². The molecule has 0 aliphatic rings. The summed E-state index contributed by atoms with van der Waals surface area (Å²) in [6, 6.07) is 28.1. The highest BCUT2D eigenvalue weighted by atomic mass is 28.4. The van der Waals surface area contributed by atoms with Crippen LogP contribution < -0.4 is 21.3 Å². The Morgan fingerprint density at radius 3 is 1.08 bits per heavy atom. The summed E-state index contributed by atoms with van der Waals surface area (Å²) >= 11 is 0. The zero-order valence-electron chi connectivity index (χ0n) is 22.3. The molecule has 9 heteroatoms. The number of benzene rings is 4.